The van der Waals surface area contributed by atoms with E-state index in [1.807, 2.05) is 30.3 Å². The summed E-state index contributed by atoms with van der Waals surface area (Å²) in [6, 6.07) is 20.1. The molecule has 0 saturated heterocycles. The number of hydrogen-bond acceptors (Lipinski definition) is 9. The lowest BCUT2D eigenvalue weighted by molar-refractivity contribution is 0.111. The van der Waals surface area contributed by atoms with Crippen molar-refractivity contribution in [3.05, 3.63) is 101 Å². The van der Waals surface area contributed by atoms with Gasteiger partial charge in [0.2, 0.25) is 11.7 Å². The number of ether oxygens (including phenoxy) is 1. The Morgan fingerprint density at radius 2 is 1.83 bits per heavy atom. The molecule has 0 aliphatic rings. The van der Waals surface area contributed by atoms with Crippen LogP contribution in [0, 0.1) is 5.82 Å². The van der Waals surface area contributed by atoms with E-state index < -0.39 is 5.82 Å². The Kier molecular flexibility index (Phi) is 6.63. The lowest BCUT2D eigenvalue weighted by Gasteiger charge is -2.07. The van der Waals surface area contributed by atoms with E-state index in [1.165, 1.54) is 16.8 Å². The average Bonchev–Trinajstić information content (AvgIpc) is 3.52. The van der Waals surface area contributed by atoms with Gasteiger partial charge in [-0.3, -0.25) is 0 Å². The van der Waals surface area contributed by atoms with Crippen molar-refractivity contribution in [2.24, 2.45) is 12.2 Å². The Morgan fingerprint density at radius 3 is 2.58 bits per heavy atom. The molecule has 12 heteroatoms. The Balaban J connectivity index is 1.30. The van der Waals surface area contributed by atoms with Crippen LogP contribution in [0.15, 0.2) is 82.4 Å². The van der Waals surface area contributed by atoms with Crippen LogP contribution < -0.4 is 4.74 Å². The zero-order valence-corrected chi connectivity index (χ0v) is 19.5. The van der Waals surface area contributed by atoms with Gasteiger partial charge >= 0.3 is 0 Å². The fourth-order valence-electron chi connectivity index (χ4n) is 3.22. The number of nitrogens with zero attached hydrogens (tertiary/aromatic N) is 7. The second kappa shape index (κ2) is 10.3. The van der Waals surface area contributed by atoms with E-state index in [0.29, 0.717) is 33.6 Å². The maximum atomic E-state index is 13.4. The molecule has 0 fully saturated rings. The van der Waals surface area contributed by atoms with E-state index in [-0.39, 0.29) is 18.4 Å². The van der Waals surface area contributed by atoms with Gasteiger partial charge in [0.15, 0.2) is 12.3 Å². The first-order valence-electron chi connectivity index (χ1n) is 10.6. The fourth-order valence-corrected chi connectivity index (χ4v) is 3.47. The van der Waals surface area contributed by atoms with Gasteiger partial charge in [-0.2, -0.15) is 0 Å². The van der Waals surface area contributed by atoms with Crippen molar-refractivity contribution in [3.63, 3.8) is 0 Å². The number of hydrogen-bond donors (Lipinski definition) is 0. The van der Waals surface area contributed by atoms with Gasteiger partial charge in [-0.15, -0.1) is 15.3 Å². The van der Waals surface area contributed by atoms with Crippen LogP contribution in [0.5, 0.6) is 11.5 Å². The molecule has 0 atom stereocenters. The first-order valence-corrected chi connectivity index (χ1v) is 11.0. The molecule has 0 amide bonds. The molecule has 3 aromatic carbocycles. The Morgan fingerprint density at radius 1 is 1.00 bits per heavy atom. The molecule has 0 bridgehead atoms. The van der Waals surface area contributed by atoms with Gasteiger partial charge in [0.25, 0.3) is 5.89 Å². The van der Waals surface area contributed by atoms with Gasteiger partial charge in [0.1, 0.15) is 17.3 Å². The standard InChI is InChI=1S/C24H17ClFN7O3/c1-33-23(28-31-32-33)22(15-6-3-2-4-7-15)30-34-14-21-27-29-24(36-21)19-11-10-18(13-20(19)25)35-17-9-5-8-16(26)12-17/h2-13H,14H2,1H3/b30-22-. The van der Waals surface area contributed by atoms with Crippen LogP contribution in [0.1, 0.15) is 17.3 Å². The topological polar surface area (TPSA) is 113 Å². The molecule has 0 N–H and O–H groups in total. The summed E-state index contributed by atoms with van der Waals surface area (Å²) < 4.78 is 26.2. The van der Waals surface area contributed by atoms with Crippen molar-refractivity contribution in [1.82, 2.24) is 30.4 Å². The lowest BCUT2D eigenvalue weighted by atomic mass is 10.1. The van der Waals surface area contributed by atoms with E-state index in [4.69, 9.17) is 25.6 Å². The molecule has 5 rings (SSSR count). The number of halogens is 2. The van der Waals surface area contributed by atoms with Crippen LogP contribution in [0.25, 0.3) is 11.5 Å². The largest absolute Gasteiger partial charge is 0.457 e. The van der Waals surface area contributed by atoms with Gasteiger partial charge in [-0.1, -0.05) is 53.2 Å². The van der Waals surface area contributed by atoms with Gasteiger partial charge < -0.3 is 14.0 Å². The minimum atomic E-state index is -0.399. The third-order valence-electron chi connectivity index (χ3n) is 4.89. The van der Waals surface area contributed by atoms with Crippen LogP contribution in [0.3, 0.4) is 0 Å². The molecular formula is C24H17ClFN7O3. The second-order valence-electron chi connectivity index (χ2n) is 7.41. The van der Waals surface area contributed by atoms with Gasteiger partial charge in [-0.05, 0) is 34.7 Å². The van der Waals surface area contributed by atoms with Crippen molar-refractivity contribution in [1.29, 1.82) is 0 Å². The van der Waals surface area contributed by atoms with Crippen LogP contribution >= 0.6 is 11.6 Å². The third kappa shape index (κ3) is 5.20. The predicted molar refractivity (Wildman–Crippen MR) is 127 cm³/mol. The molecule has 5 aromatic rings. The summed E-state index contributed by atoms with van der Waals surface area (Å²) in [7, 11) is 1.70. The molecule has 0 spiro atoms. The number of aromatic nitrogens is 6. The van der Waals surface area contributed by atoms with Crippen LogP contribution in [-0.4, -0.2) is 36.1 Å². The van der Waals surface area contributed by atoms with Crippen LogP contribution in [0.4, 0.5) is 4.39 Å². The maximum absolute atomic E-state index is 13.4. The zero-order valence-electron chi connectivity index (χ0n) is 18.7. The molecule has 0 aliphatic carbocycles. The molecular weight excluding hydrogens is 489 g/mol. The second-order valence-corrected chi connectivity index (χ2v) is 7.81. The van der Waals surface area contributed by atoms with E-state index in [9.17, 15) is 4.39 Å². The summed E-state index contributed by atoms with van der Waals surface area (Å²) in [6.07, 6.45) is 0. The van der Waals surface area contributed by atoms with Crippen molar-refractivity contribution in [3.8, 4) is 23.0 Å². The first-order chi connectivity index (χ1) is 17.6. The molecule has 2 heterocycles. The number of benzene rings is 3. The summed E-state index contributed by atoms with van der Waals surface area (Å²) in [5, 5.41) is 24.1. The summed E-state index contributed by atoms with van der Waals surface area (Å²) >= 11 is 6.40. The Labute approximate surface area is 208 Å². The van der Waals surface area contributed by atoms with Gasteiger partial charge in [0, 0.05) is 24.7 Å². The highest BCUT2D eigenvalue weighted by Gasteiger charge is 2.16. The van der Waals surface area contributed by atoms with Crippen LogP contribution in [-0.2, 0) is 18.5 Å². The van der Waals surface area contributed by atoms with Crippen LogP contribution in [0.2, 0.25) is 5.02 Å². The number of aryl methyl sites for hydroxylation is 1. The molecule has 36 heavy (non-hydrogen) atoms. The van der Waals surface area contributed by atoms with Crippen molar-refractivity contribution in [2.45, 2.75) is 6.61 Å². The quantitative estimate of drug-likeness (QED) is 0.218. The Bertz CT molecular complexity index is 1520. The van der Waals surface area contributed by atoms with E-state index in [0.717, 1.165) is 5.56 Å². The SMILES string of the molecule is Cn1nnnc1/C(=N\OCc1nnc(-c2ccc(Oc3cccc(F)c3)cc2Cl)o1)c1ccccc1. The summed E-state index contributed by atoms with van der Waals surface area (Å²) in [5.74, 6) is 1.19. The normalized spacial score (nSPS) is 11.5. The predicted octanol–water partition coefficient (Wildman–Crippen LogP) is 4.81. The van der Waals surface area contributed by atoms with E-state index in [1.54, 1.807) is 37.4 Å². The monoisotopic (exact) mass is 505 g/mol. The summed E-state index contributed by atoms with van der Waals surface area (Å²) in [4.78, 5) is 5.49. The zero-order chi connectivity index (χ0) is 24.9. The summed E-state index contributed by atoms with van der Waals surface area (Å²) in [6.45, 7) is -0.0903. The first kappa shape index (κ1) is 23.1. The van der Waals surface area contributed by atoms with E-state index in [2.05, 4.69) is 30.9 Å². The van der Waals surface area contributed by atoms with Crippen molar-refractivity contribution < 1.29 is 18.4 Å². The summed E-state index contributed by atoms with van der Waals surface area (Å²) in [5.41, 5.74) is 1.72. The molecule has 0 aliphatic heterocycles. The van der Waals surface area contributed by atoms with Gasteiger partial charge in [-0.25, -0.2) is 9.07 Å². The minimum absolute atomic E-state index is 0.0903. The van der Waals surface area contributed by atoms with Gasteiger partial charge in [0.05, 0.1) is 10.6 Å². The highest BCUT2D eigenvalue weighted by Crippen LogP contribution is 2.32. The number of oxime groups is 1. The molecule has 180 valence electrons. The number of tetrazole rings is 1. The maximum Gasteiger partial charge on any atom is 0.257 e. The lowest BCUT2D eigenvalue weighted by Crippen LogP contribution is -2.12. The highest BCUT2D eigenvalue weighted by molar-refractivity contribution is 6.33. The molecule has 0 radical (unpaired) electrons. The Hall–Kier alpha value is -4.64. The fraction of sp³-hybridized carbons (Fsp3) is 0.0833. The number of rotatable bonds is 8. The average molecular weight is 506 g/mol. The van der Waals surface area contributed by atoms with E-state index >= 15 is 0 Å². The molecule has 0 saturated carbocycles. The van der Waals surface area contributed by atoms with Crippen molar-refractivity contribution >= 4 is 17.3 Å². The third-order valence-corrected chi connectivity index (χ3v) is 5.21. The highest BCUT2D eigenvalue weighted by atomic mass is 35.5. The smallest absolute Gasteiger partial charge is 0.257 e. The molecule has 10 nitrogen and oxygen atoms in total. The molecule has 2 aromatic heterocycles. The minimum Gasteiger partial charge on any atom is -0.457 e. The molecule has 0 unspecified atom stereocenters. The van der Waals surface area contributed by atoms with Crippen molar-refractivity contribution in [2.75, 3.05) is 0 Å².